The standard InChI is InChI=1S/C17H21ClO/c18-11-17(8-9-19-16(17)13-6-7-13)15-10-14(15)12-4-2-1-3-5-12/h1-5,13-16H,6-11H2. The molecule has 0 amide bonds. The lowest BCUT2D eigenvalue weighted by atomic mass is 9.75. The molecule has 102 valence electrons. The molecule has 1 nitrogen and oxygen atoms in total. The summed E-state index contributed by atoms with van der Waals surface area (Å²) in [5, 5.41) is 0. The van der Waals surface area contributed by atoms with Gasteiger partial charge in [0.05, 0.1) is 6.10 Å². The summed E-state index contributed by atoms with van der Waals surface area (Å²) in [6.07, 6.45) is 5.64. The fraction of sp³-hybridized carbons (Fsp3) is 0.647. The Hall–Kier alpha value is -0.530. The second-order valence-electron chi connectivity index (χ2n) is 6.60. The van der Waals surface area contributed by atoms with Crippen LogP contribution in [-0.4, -0.2) is 18.6 Å². The Labute approximate surface area is 120 Å². The molecule has 2 aliphatic carbocycles. The fourth-order valence-corrected chi connectivity index (χ4v) is 4.71. The van der Waals surface area contributed by atoms with Crippen LogP contribution in [0, 0.1) is 17.3 Å². The summed E-state index contributed by atoms with van der Waals surface area (Å²) in [7, 11) is 0. The first kappa shape index (κ1) is 12.2. The van der Waals surface area contributed by atoms with Gasteiger partial charge in [-0.15, -0.1) is 11.6 Å². The number of ether oxygens (including phenoxy) is 1. The zero-order valence-corrected chi connectivity index (χ0v) is 12.0. The molecule has 4 unspecified atom stereocenters. The molecule has 1 heterocycles. The van der Waals surface area contributed by atoms with Crippen molar-refractivity contribution in [2.45, 2.75) is 37.7 Å². The lowest BCUT2D eigenvalue weighted by Crippen LogP contribution is -2.37. The van der Waals surface area contributed by atoms with Crippen LogP contribution in [0.2, 0.25) is 0 Å². The number of benzene rings is 1. The predicted octanol–water partition coefficient (Wildman–Crippen LogP) is 4.21. The van der Waals surface area contributed by atoms with E-state index in [9.17, 15) is 0 Å². The van der Waals surface area contributed by atoms with Gasteiger partial charge in [-0.25, -0.2) is 0 Å². The van der Waals surface area contributed by atoms with Crippen molar-refractivity contribution in [1.29, 1.82) is 0 Å². The molecule has 1 aromatic rings. The Morgan fingerprint density at radius 3 is 2.68 bits per heavy atom. The van der Waals surface area contributed by atoms with Crippen molar-refractivity contribution in [3.8, 4) is 0 Å². The van der Waals surface area contributed by atoms with Crippen molar-refractivity contribution in [3.05, 3.63) is 35.9 Å². The quantitative estimate of drug-likeness (QED) is 0.749. The smallest absolute Gasteiger partial charge is 0.0674 e. The maximum Gasteiger partial charge on any atom is 0.0674 e. The number of hydrogen-bond acceptors (Lipinski definition) is 1. The van der Waals surface area contributed by atoms with Crippen LogP contribution in [0.1, 0.15) is 37.2 Å². The topological polar surface area (TPSA) is 9.23 Å². The van der Waals surface area contributed by atoms with Crippen molar-refractivity contribution in [3.63, 3.8) is 0 Å². The van der Waals surface area contributed by atoms with E-state index in [0.717, 1.165) is 30.2 Å². The van der Waals surface area contributed by atoms with Crippen molar-refractivity contribution in [2.75, 3.05) is 12.5 Å². The number of rotatable bonds is 4. The summed E-state index contributed by atoms with van der Waals surface area (Å²) in [6, 6.07) is 11.0. The highest BCUT2D eigenvalue weighted by atomic mass is 35.5. The first-order valence-electron chi connectivity index (χ1n) is 7.58. The van der Waals surface area contributed by atoms with Crippen LogP contribution >= 0.6 is 11.6 Å². The van der Waals surface area contributed by atoms with Gasteiger partial charge in [0.15, 0.2) is 0 Å². The summed E-state index contributed by atoms with van der Waals surface area (Å²) in [5.41, 5.74) is 1.77. The molecule has 1 aliphatic heterocycles. The van der Waals surface area contributed by atoms with Crippen LogP contribution in [0.4, 0.5) is 0 Å². The van der Waals surface area contributed by atoms with E-state index in [1.165, 1.54) is 31.2 Å². The Morgan fingerprint density at radius 1 is 1.21 bits per heavy atom. The lowest BCUT2D eigenvalue weighted by Gasteiger charge is -2.33. The molecule has 3 fully saturated rings. The molecule has 3 aliphatic rings. The van der Waals surface area contributed by atoms with Gasteiger partial charge in [0.25, 0.3) is 0 Å². The molecule has 0 radical (unpaired) electrons. The number of alkyl halides is 1. The van der Waals surface area contributed by atoms with Gasteiger partial charge in [-0.2, -0.15) is 0 Å². The summed E-state index contributed by atoms with van der Waals surface area (Å²) in [6.45, 7) is 0.923. The molecular weight excluding hydrogens is 256 g/mol. The monoisotopic (exact) mass is 276 g/mol. The molecular formula is C17H21ClO. The molecule has 0 aromatic heterocycles. The number of hydrogen-bond donors (Lipinski definition) is 0. The van der Waals surface area contributed by atoms with E-state index in [1.807, 2.05) is 0 Å². The van der Waals surface area contributed by atoms with Crippen molar-refractivity contribution in [2.24, 2.45) is 17.3 Å². The van der Waals surface area contributed by atoms with E-state index in [4.69, 9.17) is 16.3 Å². The third kappa shape index (κ3) is 1.94. The second kappa shape index (κ2) is 4.49. The van der Waals surface area contributed by atoms with Gasteiger partial charge in [0.2, 0.25) is 0 Å². The highest BCUT2D eigenvalue weighted by molar-refractivity contribution is 6.18. The molecule has 1 saturated heterocycles. The van der Waals surface area contributed by atoms with E-state index in [-0.39, 0.29) is 5.41 Å². The molecule has 0 bridgehead atoms. The van der Waals surface area contributed by atoms with Crippen LogP contribution < -0.4 is 0 Å². The Kier molecular flexibility index (Phi) is 2.89. The maximum absolute atomic E-state index is 6.44. The second-order valence-corrected chi connectivity index (χ2v) is 6.87. The largest absolute Gasteiger partial charge is 0.377 e. The minimum Gasteiger partial charge on any atom is -0.377 e. The zero-order chi connectivity index (χ0) is 12.9. The third-order valence-electron chi connectivity index (χ3n) is 5.49. The minimum atomic E-state index is 0.267. The van der Waals surface area contributed by atoms with Crippen molar-refractivity contribution >= 4 is 11.6 Å². The normalized spacial score (nSPS) is 41.4. The molecule has 2 saturated carbocycles. The summed E-state index contributed by atoms with van der Waals surface area (Å²) in [4.78, 5) is 0. The minimum absolute atomic E-state index is 0.267. The van der Waals surface area contributed by atoms with E-state index < -0.39 is 0 Å². The zero-order valence-electron chi connectivity index (χ0n) is 11.2. The fourth-order valence-electron chi connectivity index (χ4n) is 4.23. The van der Waals surface area contributed by atoms with E-state index in [2.05, 4.69) is 30.3 Å². The molecule has 19 heavy (non-hydrogen) atoms. The first-order chi connectivity index (χ1) is 9.35. The summed E-state index contributed by atoms with van der Waals surface area (Å²) in [5.74, 6) is 3.06. The third-order valence-corrected chi connectivity index (χ3v) is 5.98. The van der Waals surface area contributed by atoms with Gasteiger partial charge in [0.1, 0.15) is 0 Å². The Balaban J connectivity index is 1.57. The SMILES string of the molecule is ClCC1(C2CC2c2ccccc2)CCOC1C1CC1. The van der Waals surface area contributed by atoms with E-state index >= 15 is 0 Å². The summed E-state index contributed by atoms with van der Waals surface area (Å²) < 4.78 is 6.08. The van der Waals surface area contributed by atoms with Gasteiger partial charge in [-0.3, -0.25) is 0 Å². The van der Waals surface area contributed by atoms with Gasteiger partial charge < -0.3 is 4.74 Å². The average Bonchev–Trinajstić information content (AvgIpc) is 3.38. The van der Waals surface area contributed by atoms with Crippen molar-refractivity contribution in [1.82, 2.24) is 0 Å². The van der Waals surface area contributed by atoms with Crippen molar-refractivity contribution < 1.29 is 4.74 Å². The molecule has 0 N–H and O–H groups in total. The Bertz CT molecular complexity index is 456. The van der Waals surface area contributed by atoms with Gasteiger partial charge >= 0.3 is 0 Å². The van der Waals surface area contributed by atoms with Crippen LogP contribution in [-0.2, 0) is 4.74 Å². The van der Waals surface area contributed by atoms with Crippen LogP contribution in [0.15, 0.2) is 30.3 Å². The van der Waals surface area contributed by atoms with Crippen LogP contribution in [0.3, 0.4) is 0 Å². The maximum atomic E-state index is 6.44. The molecule has 4 rings (SSSR count). The first-order valence-corrected chi connectivity index (χ1v) is 8.11. The van der Waals surface area contributed by atoms with Gasteiger partial charge in [0, 0.05) is 17.9 Å². The van der Waals surface area contributed by atoms with Gasteiger partial charge in [-0.05, 0) is 49.0 Å². The highest BCUT2D eigenvalue weighted by Gasteiger charge is 2.61. The highest BCUT2D eigenvalue weighted by Crippen LogP contribution is 2.64. The van der Waals surface area contributed by atoms with Gasteiger partial charge in [-0.1, -0.05) is 30.3 Å². The lowest BCUT2D eigenvalue weighted by molar-refractivity contribution is 0.0296. The average molecular weight is 277 g/mol. The molecule has 1 aromatic carbocycles. The molecule has 0 spiro atoms. The Morgan fingerprint density at radius 2 is 2.00 bits per heavy atom. The van der Waals surface area contributed by atoms with E-state index in [0.29, 0.717) is 6.10 Å². The number of halogens is 1. The molecule has 2 heteroatoms. The summed E-state index contributed by atoms with van der Waals surface area (Å²) >= 11 is 6.44. The molecule has 4 atom stereocenters. The van der Waals surface area contributed by atoms with Crippen LogP contribution in [0.5, 0.6) is 0 Å². The van der Waals surface area contributed by atoms with Crippen LogP contribution in [0.25, 0.3) is 0 Å². The van der Waals surface area contributed by atoms with E-state index in [1.54, 1.807) is 0 Å². The predicted molar refractivity (Wildman–Crippen MR) is 77.5 cm³/mol.